The van der Waals surface area contributed by atoms with E-state index in [0.717, 1.165) is 18.7 Å². The number of carbonyl (C=O) groups is 2. The van der Waals surface area contributed by atoms with E-state index in [1.165, 1.54) is 0 Å². The van der Waals surface area contributed by atoms with Crippen LogP contribution in [0.3, 0.4) is 0 Å². The Kier molecular flexibility index (Phi) is 7.25. The average Bonchev–Trinajstić information content (AvgIpc) is 2.47. The van der Waals surface area contributed by atoms with Gasteiger partial charge in [0.05, 0.1) is 5.56 Å². The van der Waals surface area contributed by atoms with E-state index in [4.69, 9.17) is 5.11 Å². The fraction of sp³-hybridized carbons (Fsp3) is 0.467. The maximum Gasteiger partial charge on any atom is 0.335 e. The molecule has 0 aliphatic carbocycles. The van der Waals surface area contributed by atoms with E-state index in [-0.39, 0.29) is 11.6 Å². The molecule has 1 aromatic rings. The lowest BCUT2D eigenvalue weighted by Gasteiger charge is -2.14. The fourth-order valence-corrected chi connectivity index (χ4v) is 1.72. The zero-order valence-corrected chi connectivity index (χ0v) is 12.6. The van der Waals surface area contributed by atoms with Crippen molar-refractivity contribution < 1.29 is 14.7 Å². The van der Waals surface area contributed by atoms with Gasteiger partial charge in [-0.05, 0) is 37.7 Å². The summed E-state index contributed by atoms with van der Waals surface area (Å²) in [5.74, 6) is -0.934. The number of hydrogen-bond acceptors (Lipinski definition) is 3. The summed E-state index contributed by atoms with van der Waals surface area (Å²) in [4.78, 5) is 24.4. The lowest BCUT2D eigenvalue weighted by Crippen LogP contribution is -2.40. The number of amides is 2. The number of urea groups is 1. The van der Waals surface area contributed by atoms with Crippen LogP contribution in [0.5, 0.6) is 0 Å². The van der Waals surface area contributed by atoms with Crippen molar-refractivity contribution in [1.29, 1.82) is 0 Å². The van der Waals surface area contributed by atoms with Gasteiger partial charge in [0.2, 0.25) is 0 Å². The normalized spacial score (nSPS) is 10.4. The van der Waals surface area contributed by atoms with E-state index in [0.29, 0.717) is 19.5 Å². The molecular weight excluding hydrogens is 270 g/mol. The monoisotopic (exact) mass is 293 g/mol. The van der Waals surface area contributed by atoms with Gasteiger partial charge in [-0.15, -0.1) is 0 Å². The van der Waals surface area contributed by atoms with Crippen LogP contribution in [0, 0.1) is 0 Å². The largest absolute Gasteiger partial charge is 0.478 e. The molecular formula is C15H23N3O3. The number of nitrogens with one attached hydrogen (secondary N) is 2. The molecule has 0 spiro atoms. The molecule has 0 aliphatic rings. The second kappa shape index (κ2) is 8.97. The Morgan fingerprint density at radius 1 is 1.14 bits per heavy atom. The Bertz CT molecular complexity index is 460. The van der Waals surface area contributed by atoms with Crippen LogP contribution in [0.1, 0.15) is 22.8 Å². The van der Waals surface area contributed by atoms with Crippen molar-refractivity contribution in [2.75, 3.05) is 33.2 Å². The highest BCUT2D eigenvalue weighted by Crippen LogP contribution is 2.04. The first-order valence-electron chi connectivity index (χ1n) is 7.05. The molecule has 0 unspecified atom stereocenters. The standard InChI is InChI=1S/C15H23N3O3/c1-3-18(2)11-10-17-15(21)16-9-8-12-4-6-13(7-5-12)14(19)20/h4-7H,3,8-11H2,1-2H3,(H,19,20)(H2,16,17,21). The Morgan fingerprint density at radius 3 is 2.33 bits per heavy atom. The number of nitrogens with zero attached hydrogens (tertiary/aromatic N) is 1. The summed E-state index contributed by atoms with van der Waals surface area (Å²) in [5, 5.41) is 14.4. The van der Waals surface area contributed by atoms with Crippen LogP contribution in [-0.4, -0.2) is 55.2 Å². The number of aromatic carboxylic acids is 1. The topological polar surface area (TPSA) is 81.7 Å². The summed E-state index contributed by atoms with van der Waals surface area (Å²) in [7, 11) is 2.00. The van der Waals surface area contributed by atoms with E-state index in [2.05, 4.69) is 22.5 Å². The summed E-state index contributed by atoms with van der Waals surface area (Å²) in [5.41, 5.74) is 1.26. The zero-order chi connectivity index (χ0) is 15.7. The van der Waals surface area contributed by atoms with Gasteiger partial charge in [-0.3, -0.25) is 0 Å². The van der Waals surface area contributed by atoms with E-state index in [9.17, 15) is 9.59 Å². The maximum atomic E-state index is 11.5. The minimum Gasteiger partial charge on any atom is -0.478 e. The van der Waals surface area contributed by atoms with Crippen molar-refractivity contribution in [3.63, 3.8) is 0 Å². The van der Waals surface area contributed by atoms with Gasteiger partial charge in [-0.1, -0.05) is 19.1 Å². The van der Waals surface area contributed by atoms with Crippen molar-refractivity contribution in [2.24, 2.45) is 0 Å². The second-order valence-corrected chi connectivity index (χ2v) is 4.83. The Balaban J connectivity index is 2.20. The number of carbonyl (C=O) groups excluding carboxylic acids is 1. The molecule has 1 aromatic carbocycles. The van der Waals surface area contributed by atoms with Crippen molar-refractivity contribution in [2.45, 2.75) is 13.3 Å². The van der Waals surface area contributed by atoms with E-state index < -0.39 is 5.97 Å². The second-order valence-electron chi connectivity index (χ2n) is 4.83. The highest BCUT2D eigenvalue weighted by molar-refractivity contribution is 5.87. The van der Waals surface area contributed by atoms with Crippen LogP contribution in [0.15, 0.2) is 24.3 Å². The van der Waals surface area contributed by atoms with Crippen molar-refractivity contribution in [3.8, 4) is 0 Å². The summed E-state index contributed by atoms with van der Waals surface area (Å²) in [6.45, 7) is 4.97. The minimum atomic E-state index is -0.934. The van der Waals surface area contributed by atoms with Crippen molar-refractivity contribution in [1.82, 2.24) is 15.5 Å². The van der Waals surface area contributed by atoms with Crippen molar-refractivity contribution in [3.05, 3.63) is 35.4 Å². The number of carboxylic acid groups (broad SMARTS) is 1. The van der Waals surface area contributed by atoms with Crippen molar-refractivity contribution >= 4 is 12.0 Å². The van der Waals surface area contributed by atoms with E-state index in [1.54, 1.807) is 24.3 Å². The minimum absolute atomic E-state index is 0.179. The fourth-order valence-electron chi connectivity index (χ4n) is 1.72. The number of rotatable bonds is 8. The summed E-state index contributed by atoms with van der Waals surface area (Å²) in [6, 6.07) is 6.48. The molecule has 0 heterocycles. The Morgan fingerprint density at radius 2 is 1.76 bits per heavy atom. The molecule has 0 aliphatic heterocycles. The van der Waals surface area contributed by atoms with Gasteiger partial charge in [0, 0.05) is 19.6 Å². The molecule has 3 N–H and O–H groups in total. The molecule has 0 bridgehead atoms. The maximum absolute atomic E-state index is 11.5. The van der Waals surface area contributed by atoms with Gasteiger partial charge >= 0.3 is 12.0 Å². The summed E-state index contributed by atoms with van der Waals surface area (Å²) < 4.78 is 0. The molecule has 0 saturated carbocycles. The number of carboxylic acids is 1. The summed E-state index contributed by atoms with van der Waals surface area (Å²) in [6.07, 6.45) is 0.669. The van der Waals surface area contributed by atoms with Gasteiger partial charge in [0.25, 0.3) is 0 Å². The molecule has 0 atom stereocenters. The first-order chi connectivity index (χ1) is 10.0. The van der Waals surface area contributed by atoms with Crippen LogP contribution in [0.25, 0.3) is 0 Å². The highest BCUT2D eigenvalue weighted by Gasteiger charge is 2.03. The SMILES string of the molecule is CCN(C)CCNC(=O)NCCc1ccc(C(=O)O)cc1. The molecule has 0 radical (unpaired) electrons. The lowest BCUT2D eigenvalue weighted by atomic mass is 10.1. The van der Waals surface area contributed by atoms with Gasteiger partial charge in [-0.2, -0.15) is 0 Å². The van der Waals surface area contributed by atoms with Crippen LogP contribution < -0.4 is 10.6 Å². The van der Waals surface area contributed by atoms with Gasteiger partial charge in [0.1, 0.15) is 0 Å². The number of benzene rings is 1. The van der Waals surface area contributed by atoms with E-state index >= 15 is 0 Å². The quantitative estimate of drug-likeness (QED) is 0.672. The third kappa shape index (κ3) is 6.76. The molecule has 6 nitrogen and oxygen atoms in total. The van der Waals surface area contributed by atoms with Gasteiger partial charge < -0.3 is 20.6 Å². The highest BCUT2D eigenvalue weighted by atomic mass is 16.4. The average molecular weight is 293 g/mol. The van der Waals surface area contributed by atoms with Crippen LogP contribution in [0.2, 0.25) is 0 Å². The first kappa shape index (κ1) is 17.0. The number of hydrogen-bond donors (Lipinski definition) is 3. The molecule has 21 heavy (non-hydrogen) atoms. The van der Waals surface area contributed by atoms with Gasteiger partial charge in [0.15, 0.2) is 0 Å². The molecule has 0 aromatic heterocycles. The Hall–Kier alpha value is -2.08. The lowest BCUT2D eigenvalue weighted by molar-refractivity contribution is 0.0697. The Labute approximate surface area is 125 Å². The molecule has 116 valence electrons. The molecule has 6 heteroatoms. The van der Waals surface area contributed by atoms with Crippen LogP contribution >= 0.6 is 0 Å². The molecule has 2 amide bonds. The van der Waals surface area contributed by atoms with Crippen LogP contribution in [-0.2, 0) is 6.42 Å². The summed E-state index contributed by atoms with van der Waals surface area (Å²) >= 11 is 0. The first-order valence-corrected chi connectivity index (χ1v) is 7.05. The zero-order valence-electron chi connectivity index (χ0n) is 12.6. The van der Waals surface area contributed by atoms with Crippen LogP contribution in [0.4, 0.5) is 4.79 Å². The molecule has 0 saturated heterocycles. The number of likely N-dealkylation sites (N-methyl/N-ethyl adjacent to an activating group) is 1. The molecule has 0 fully saturated rings. The third-order valence-corrected chi connectivity index (χ3v) is 3.22. The predicted octanol–water partition coefficient (Wildman–Crippen LogP) is 1.18. The third-order valence-electron chi connectivity index (χ3n) is 3.22. The smallest absolute Gasteiger partial charge is 0.335 e. The van der Waals surface area contributed by atoms with E-state index in [1.807, 2.05) is 7.05 Å². The molecule has 1 rings (SSSR count). The predicted molar refractivity (Wildman–Crippen MR) is 81.7 cm³/mol. The van der Waals surface area contributed by atoms with Gasteiger partial charge in [-0.25, -0.2) is 9.59 Å².